The number of halogens is 1. The number of hydrogen-bond donors (Lipinski definition) is 0. The number of rotatable bonds is 1. The van der Waals surface area contributed by atoms with Crippen molar-refractivity contribution >= 4 is 16.7 Å². The van der Waals surface area contributed by atoms with Crippen LogP contribution < -0.4 is 5.56 Å². The number of fused-ring (bicyclic) bond motifs is 1. The third-order valence-corrected chi connectivity index (χ3v) is 3.93. The van der Waals surface area contributed by atoms with E-state index in [1.54, 1.807) is 13.0 Å². The fourth-order valence-electron chi connectivity index (χ4n) is 2.91. The summed E-state index contributed by atoms with van der Waals surface area (Å²) in [4.78, 5) is 29.1. The van der Waals surface area contributed by atoms with Crippen LogP contribution in [0.5, 0.6) is 0 Å². The number of nitrogens with zero attached hydrogens (tertiary/aromatic N) is 2. The smallest absolute Gasteiger partial charge is 0.265 e. The summed E-state index contributed by atoms with van der Waals surface area (Å²) in [6, 6.07) is 3.78. The second-order valence-electron chi connectivity index (χ2n) is 5.42. The van der Waals surface area contributed by atoms with E-state index in [1.807, 2.05) is 0 Å². The van der Waals surface area contributed by atoms with Gasteiger partial charge in [-0.15, -0.1) is 0 Å². The van der Waals surface area contributed by atoms with Crippen molar-refractivity contribution in [3.8, 4) is 0 Å². The molecule has 1 aliphatic carbocycles. The summed E-state index contributed by atoms with van der Waals surface area (Å²) >= 11 is 0. The van der Waals surface area contributed by atoms with Crippen LogP contribution in [0.1, 0.15) is 31.1 Å². The van der Waals surface area contributed by atoms with Crippen LogP contribution in [0.25, 0.3) is 10.9 Å². The highest BCUT2D eigenvalue weighted by atomic mass is 19.1. The molecule has 21 heavy (non-hydrogen) atoms. The first kappa shape index (κ1) is 13.7. The fraction of sp³-hybridized carbons (Fsp3) is 0.312. The standard InChI is InChI=1S/C16H15FN2O2/c1-9-6-7-13(14(20)8-9)19-10(2)18-12-5-3-4-11(17)15(12)16(19)21/h3-5,13H,1,6-8H2,2H3. The van der Waals surface area contributed by atoms with Crippen LogP contribution in [-0.4, -0.2) is 15.3 Å². The van der Waals surface area contributed by atoms with Gasteiger partial charge in [-0.05, 0) is 31.9 Å². The van der Waals surface area contributed by atoms with Crippen molar-refractivity contribution in [2.45, 2.75) is 32.2 Å². The molecule has 4 nitrogen and oxygen atoms in total. The molecule has 0 amide bonds. The van der Waals surface area contributed by atoms with E-state index in [-0.39, 0.29) is 17.6 Å². The topological polar surface area (TPSA) is 52.0 Å². The molecule has 0 spiro atoms. The van der Waals surface area contributed by atoms with E-state index in [2.05, 4.69) is 11.6 Å². The van der Waals surface area contributed by atoms with Crippen LogP contribution >= 0.6 is 0 Å². The van der Waals surface area contributed by atoms with E-state index >= 15 is 0 Å². The summed E-state index contributed by atoms with van der Waals surface area (Å²) in [5.74, 6) is -0.232. The van der Waals surface area contributed by atoms with Gasteiger partial charge in [0.15, 0.2) is 5.78 Å². The minimum Gasteiger partial charge on any atom is -0.297 e. The third kappa shape index (κ3) is 2.18. The van der Waals surface area contributed by atoms with Crippen LogP contribution in [0, 0.1) is 12.7 Å². The number of carbonyl (C=O) groups excluding carboxylic acids is 1. The highest BCUT2D eigenvalue weighted by Crippen LogP contribution is 2.28. The Morgan fingerprint density at radius 1 is 1.38 bits per heavy atom. The average Bonchev–Trinajstić information content (AvgIpc) is 2.40. The van der Waals surface area contributed by atoms with Crippen molar-refractivity contribution in [2.24, 2.45) is 0 Å². The molecule has 1 fully saturated rings. The Morgan fingerprint density at radius 2 is 2.14 bits per heavy atom. The summed E-state index contributed by atoms with van der Waals surface area (Å²) in [6.45, 7) is 5.49. The van der Waals surface area contributed by atoms with E-state index in [0.717, 1.165) is 5.57 Å². The van der Waals surface area contributed by atoms with E-state index < -0.39 is 17.4 Å². The molecule has 3 rings (SSSR count). The molecule has 2 aromatic rings. The molecule has 108 valence electrons. The van der Waals surface area contributed by atoms with Crippen LogP contribution in [0.15, 0.2) is 35.1 Å². The monoisotopic (exact) mass is 286 g/mol. The molecule has 0 N–H and O–H groups in total. The minimum atomic E-state index is -0.605. The number of benzene rings is 1. The number of allylic oxidation sites excluding steroid dienone is 1. The predicted molar refractivity (Wildman–Crippen MR) is 77.7 cm³/mol. The maximum atomic E-state index is 13.9. The number of aromatic nitrogens is 2. The average molecular weight is 286 g/mol. The molecule has 0 radical (unpaired) electrons. The molecule has 1 atom stereocenters. The maximum Gasteiger partial charge on any atom is 0.265 e. The van der Waals surface area contributed by atoms with Gasteiger partial charge in [-0.3, -0.25) is 14.2 Å². The summed E-state index contributed by atoms with van der Waals surface area (Å²) in [5.41, 5.74) is 0.713. The largest absolute Gasteiger partial charge is 0.297 e. The molecule has 0 aliphatic heterocycles. The molecule has 0 saturated heterocycles. The fourth-order valence-corrected chi connectivity index (χ4v) is 2.91. The normalized spacial score (nSPS) is 19.2. The molecule has 1 aromatic heterocycles. The van der Waals surface area contributed by atoms with Crippen LogP contribution in [-0.2, 0) is 4.79 Å². The van der Waals surface area contributed by atoms with E-state index in [9.17, 15) is 14.0 Å². The summed E-state index contributed by atoms with van der Waals surface area (Å²) in [6.07, 6.45) is 1.48. The summed E-state index contributed by atoms with van der Waals surface area (Å²) in [7, 11) is 0. The Labute approximate surface area is 120 Å². The molecule has 0 bridgehead atoms. The van der Waals surface area contributed by atoms with Gasteiger partial charge < -0.3 is 0 Å². The van der Waals surface area contributed by atoms with Gasteiger partial charge in [-0.2, -0.15) is 0 Å². The van der Waals surface area contributed by atoms with Gasteiger partial charge in [-0.1, -0.05) is 18.2 Å². The van der Waals surface area contributed by atoms with Crippen molar-refractivity contribution in [1.82, 2.24) is 9.55 Å². The van der Waals surface area contributed by atoms with E-state index in [4.69, 9.17) is 0 Å². The lowest BCUT2D eigenvalue weighted by Gasteiger charge is -2.25. The summed E-state index contributed by atoms with van der Waals surface area (Å²) < 4.78 is 15.3. The van der Waals surface area contributed by atoms with Crippen molar-refractivity contribution in [1.29, 1.82) is 0 Å². The lowest BCUT2D eigenvalue weighted by atomic mass is 9.90. The van der Waals surface area contributed by atoms with Crippen molar-refractivity contribution in [3.05, 3.63) is 52.3 Å². The zero-order valence-electron chi connectivity index (χ0n) is 11.7. The number of aryl methyl sites for hydroxylation is 1. The third-order valence-electron chi connectivity index (χ3n) is 3.93. The lowest BCUT2D eigenvalue weighted by molar-refractivity contribution is -0.122. The van der Waals surface area contributed by atoms with Gasteiger partial charge >= 0.3 is 0 Å². The molecule has 1 aliphatic rings. The van der Waals surface area contributed by atoms with Gasteiger partial charge in [0, 0.05) is 6.42 Å². The molecular formula is C16H15FN2O2. The first-order valence-corrected chi connectivity index (χ1v) is 6.86. The zero-order valence-corrected chi connectivity index (χ0v) is 11.7. The highest BCUT2D eigenvalue weighted by molar-refractivity contribution is 5.86. The first-order valence-electron chi connectivity index (χ1n) is 6.86. The summed E-state index contributed by atoms with van der Waals surface area (Å²) in [5, 5.41) is -0.0553. The minimum absolute atomic E-state index is 0.0553. The molecule has 1 aromatic carbocycles. The Bertz CT molecular complexity index is 823. The molecule has 1 unspecified atom stereocenters. The highest BCUT2D eigenvalue weighted by Gasteiger charge is 2.28. The number of Topliss-reactive ketones (excluding diaryl/α,β-unsaturated/α-hetero) is 1. The number of hydrogen-bond acceptors (Lipinski definition) is 3. The van der Waals surface area contributed by atoms with Gasteiger partial charge in [0.1, 0.15) is 17.0 Å². The van der Waals surface area contributed by atoms with E-state index in [0.29, 0.717) is 24.2 Å². The van der Waals surface area contributed by atoms with Crippen molar-refractivity contribution in [2.75, 3.05) is 0 Å². The Kier molecular flexibility index (Phi) is 3.20. The lowest BCUT2D eigenvalue weighted by Crippen LogP contribution is -2.34. The number of carbonyl (C=O) groups is 1. The van der Waals surface area contributed by atoms with Crippen molar-refractivity contribution < 1.29 is 9.18 Å². The van der Waals surface area contributed by atoms with Crippen LogP contribution in [0.3, 0.4) is 0 Å². The zero-order chi connectivity index (χ0) is 15.1. The maximum absolute atomic E-state index is 13.9. The molecule has 5 heteroatoms. The second kappa shape index (κ2) is 4.91. The van der Waals surface area contributed by atoms with E-state index in [1.165, 1.54) is 16.7 Å². The Hall–Kier alpha value is -2.30. The molecule has 1 saturated carbocycles. The Morgan fingerprint density at radius 3 is 2.86 bits per heavy atom. The van der Waals surface area contributed by atoms with Gasteiger partial charge in [0.05, 0.1) is 11.6 Å². The Balaban J connectivity index is 2.24. The van der Waals surface area contributed by atoms with Crippen LogP contribution in [0.2, 0.25) is 0 Å². The molecular weight excluding hydrogens is 271 g/mol. The van der Waals surface area contributed by atoms with Crippen LogP contribution in [0.4, 0.5) is 4.39 Å². The van der Waals surface area contributed by atoms with Gasteiger partial charge in [-0.25, -0.2) is 9.37 Å². The van der Waals surface area contributed by atoms with Gasteiger partial charge in [0.25, 0.3) is 5.56 Å². The predicted octanol–water partition coefficient (Wildman–Crippen LogP) is 2.69. The SMILES string of the molecule is C=C1CCC(n2c(C)nc3cccc(F)c3c2=O)C(=O)C1. The first-order chi connectivity index (χ1) is 9.99. The molecule has 1 heterocycles. The van der Waals surface area contributed by atoms with Gasteiger partial charge in [0.2, 0.25) is 0 Å². The number of ketones is 1. The quantitative estimate of drug-likeness (QED) is 0.757. The van der Waals surface area contributed by atoms with Crippen molar-refractivity contribution in [3.63, 3.8) is 0 Å². The second-order valence-corrected chi connectivity index (χ2v) is 5.42.